The SMILES string of the molecule is Cc1cc(O)c(-c2n[nH]c3c2C(c2cccc(Cl)c2)N(Cc2cccnc2)C3=O)cc1Cl. The van der Waals surface area contributed by atoms with E-state index in [9.17, 15) is 9.90 Å². The average molecular weight is 465 g/mol. The van der Waals surface area contributed by atoms with E-state index in [0.29, 0.717) is 39.1 Å². The van der Waals surface area contributed by atoms with Gasteiger partial charge in [0.2, 0.25) is 0 Å². The molecule has 1 amide bonds. The Labute approximate surface area is 194 Å². The van der Waals surface area contributed by atoms with Gasteiger partial charge in [-0.2, -0.15) is 5.10 Å². The third-order valence-electron chi connectivity index (χ3n) is 5.64. The monoisotopic (exact) mass is 464 g/mol. The fraction of sp³-hybridized carbons (Fsp3) is 0.125. The molecule has 1 unspecified atom stereocenters. The molecule has 0 saturated carbocycles. The quantitative estimate of drug-likeness (QED) is 0.415. The summed E-state index contributed by atoms with van der Waals surface area (Å²) in [5, 5.41) is 19.0. The number of carbonyl (C=O) groups excluding carboxylic acids is 1. The molecule has 2 aromatic carbocycles. The van der Waals surface area contributed by atoms with Crippen LogP contribution in [0.2, 0.25) is 10.0 Å². The van der Waals surface area contributed by atoms with Gasteiger partial charge in [-0.05, 0) is 53.9 Å². The van der Waals surface area contributed by atoms with E-state index in [-0.39, 0.29) is 11.7 Å². The Balaban J connectivity index is 1.69. The van der Waals surface area contributed by atoms with Crippen molar-refractivity contribution in [2.75, 3.05) is 0 Å². The largest absolute Gasteiger partial charge is 0.507 e. The zero-order valence-corrected chi connectivity index (χ0v) is 18.5. The smallest absolute Gasteiger partial charge is 0.273 e. The van der Waals surface area contributed by atoms with Crippen molar-refractivity contribution >= 4 is 29.1 Å². The highest BCUT2D eigenvalue weighted by molar-refractivity contribution is 6.31. The summed E-state index contributed by atoms with van der Waals surface area (Å²) in [6.45, 7) is 2.17. The first-order valence-corrected chi connectivity index (χ1v) is 10.7. The number of phenols is 1. The number of carbonyl (C=O) groups is 1. The van der Waals surface area contributed by atoms with Crippen LogP contribution in [0.5, 0.6) is 5.75 Å². The van der Waals surface area contributed by atoms with Crippen LogP contribution >= 0.6 is 23.2 Å². The van der Waals surface area contributed by atoms with E-state index in [0.717, 1.165) is 16.7 Å². The molecule has 0 saturated heterocycles. The number of aromatic amines is 1. The molecule has 2 aromatic heterocycles. The molecule has 2 N–H and O–H groups in total. The first kappa shape index (κ1) is 20.5. The number of aryl methyl sites for hydroxylation is 1. The number of rotatable bonds is 4. The van der Waals surface area contributed by atoms with Crippen molar-refractivity contribution in [1.82, 2.24) is 20.1 Å². The summed E-state index contributed by atoms with van der Waals surface area (Å²) < 4.78 is 0. The third-order valence-corrected chi connectivity index (χ3v) is 6.28. The highest BCUT2D eigenvalue weighted by Gasteiger charge is 2.42. The van der Waals surface area contributed by atoms with Crippen LogP contribution in [-0.4, -0.2) is 31.1 Å². The summed E-state index contributed by atoms with van der Waals surface area (Å²) in [6, 6.07) is 14.0. The zero-order chi connectivity index (χ0) is 22.4. The van der Waals surface area contributed by atoms with Crippen molar-refractivity contribution < 1.29 is 9.90 Å². The Bertz CT molecular complexity index is 1340. The van der Waals surface area contributed by atoms with Crippen molar-refractivity contribution in [3.05, 3.63) is 98.9 Å². The Kier molecular flexibility index (Phi) is 5.12. The summed E-state index contributed by atoms with van der Waals surface area (Å²) in [4.78, 5) is 19.4. The van der Waals surface area contributed by atoms with Crippen molar-refractivity contribution in [2.45, 2.75) is 19.5 Å². The average Bonchev–Trinajstić information content (AvgIpc) is 3.31. The number of fused-ring (bicyclic) bond motifs is 1. The molecule has 8 heteroatoms. The lowest BCUT2D eigenvalue weighted by molar-refractivity contribution is 0.0730. The summed E-state index contributed by atoms with van der Waals surface area (Å²) in [5.41, 5.74) is 4.48. The van der Waals surface area contributed by atoms with E-state index >= 15 is 0 Å². The predicted molar refractivity (Wildman–Crippen MR) is 123 cm³/mol. The maximum atomic E-state index is 13.4. The predicted octanol–water partition coefficient (Wildman–Crippen LogP) is 5.54. The Morgan fingerprint density at radius 1 is 1.16 bits per heavy atom. The van der Waals surface area contributed by atoms with Gasteiger partial charge in [0, 0.05) is 40.1 Å². The number of amides is 1. The minimum absolute atomic E-state index is 0.0456. The van der Waals surface area contributed by atoms with Gasteiger partial charge in [-0.3, -0.25) is 14.9 Å². The van der Waals surface area contributed by atoms with Crippen LogP contribution in [0.15, 0.2) is 60.9 Å². The van der Waals surface area contributed by atoms with Crippen molar-refractivity contribution in [3.63, 3.8) is 0 Å². The lowest BCUT2D eigenvalue weighted by Gasteiger charge is -2.26. The van der Waals surface area contributed by atoms with E-state index in [1.807, 2.05) is 37.3 Å². The van der Waals surface area contributed by atoms with E-state index in [4.69, 9.17) is 23.2 Å². The number of hydrogen-bond donors (Lipinski definition) is 2. The van der Waals surface area contributed by atoms with E-state index < -0.39 is 6.04 Å². The number of aromatic nitrogens is 3. The highest BCUT2D eigenvalue weighted by atomic mass is 35.5. The van der Waals surface area contributed by atoms with Gasteiger partial charge < -0.3 is 10.0 Å². The van der Waals surface area contributed by atoms with Crippen LogP contribution in [0.25, 0.3) is 11.3 Å². The molecular formula is C24H18Cl2N4O2. The number of H-pyrrole nitrogens is 1. The summed E-state index contributed by atoms with van der Waals surface area (Å²) in [6.07, 6.45) is 3.43. The minimum Gasteiger partial charge on any atom is -0.507 e. The molecular weight excluding hydrogens is 447 g/mol. The van der Waals surface area contributed by atoms with Gasteiger partial charge in [-0.1, -0.05) is 41.4 Å². The number of phenolic OH excluding ortho intramolecular Hbond substituents is 1. The van der Waals surface area contributed by atoms with Crippen LogP contribution in [0.4, 0.5) is 0 Å². The summed E-state index contributed by atoms with van der Waals surface area (Å²) in [5.74, 6) is -0.144. The lowest BCUT2D eigenvalue weighted by atomic mass is 9.95. The Hall–Kier alpha value is -3.35. The van der Waals surface area contributed by atoms with Crippen LogP contribution in [0.3, 0.4) is 0 Å². The Morgan fingerprint density at radius 2 is 2.00 bits per heavy atom. The molecule has 1 aliphatic rings. The van der Waals surface area contributed by atoms with E-state index in [1.165, 1.54) is 0 Å². The van der Waals surface area contributed by atoms with Crippen LogP contribution in [0.1, 0.15) is 38.8 Å². The molecule has 0 bridgehead atoms. The number of pyridine rings is 1. The molecule has 6 nitrogen and oxygen atoms in total. The number of aromatic hydroxyl groups is 1. The molecule has 0 spiro atoms. The number of nitrogens with zero attached hydrogens (tertiary/aromatic N) is 3. The zero-order valence-electron chi connectivity index (χ0n) is 17.0. The molecule has 4 aromatic rings. The number of hydrogen-bond acceptors (Lipinski definition) is 4. The first-order chi connectivity index (χ1) is 15.4. The highest BCUT2D eigenvalue weighted by Crippen LogP contribution is 2.46. The molecule has 5 rings (SSSR count). The maximum absolute atomic E-state index is 13.4. The van der Waals surface area contributed by atoms with Gasteiger partial charge in [-0.25, -0.2) is 0 Å². The molecule has 160 valence electrons. The standard InChI is InChI=1S/C24H18Cl2N4O2/c1-13-8-19(31)17(10-18(13)26)21-20-22(29-28-21)24(32)30(12-14-4-3-7-27-11-14)23(20)15-5-2-6-16(25)9-15/h2-11,23,31H,12H2,1H3,(H,28,29). The van der Waals surface area contributed by atoms with Gasteiger partial charge in [0.15, 0.2) is 0 Å². The summed E-state index contributed by atoms with van der Waals surface area (Å²) in [7, 11) is 0. The fourth-order valence-corrected chi connectivity index (χ4v) is 4.49. The van der Waals surface area contributed by atoms with Gasteiger partial charge in [-0.15, -0.1) is 0 Å². The van der Waals surface area contributed by atoms with Crippen molar-refractivity contribution in [3.8, 4) is 17.0 Å². The number of benzene rings is 2. The van der Waals surface area contributed by atoms with Crippen LogP contribution in [-0.2, 0) is 6.54 Å². The molecule has 0 radical (unpaired) electrons. The summed E-state index contributed by atoms with van der Waals surface area (Å²) >= 11 is 12.6. The molecule has 0 fully saturated rings. The molecule has 32 heavy (non-hydrogen) atoms. The second kappa shape index (κ2) is 7.97. The second-order valence-electron chi connectivity index (χ2n) is 7.73. The van der Waals surface area contributed by atoms with Gasteiger partial charge in [0.25, 0.3) is 5.91 Å². The van der Waals surface area contributed by atoms with E-state index in [2.05, 4.69) is 15.2 Å². The molecule has 1 aliphatic heterocycles. The Morgan fingerprint density at radius 3 is 2.75 bits per heavy atom. The topological polar surface area (TPSA) is 82.1 Å². The second-order valence-corrected chi connectivity index (χ2v) is 8.57. The van der Waals surface area contributed by atoms with Crippen LogP contribution in [0, 0.1) is 6.92 Å². The minimum atomic E-state index is -0.454. The first-order valence-electron chi connectivity index (χ1n) is 9.97. The fourth-order valence-electron chi connectivity index (χ4n) is 4.13. The number of halogens is 2. The van der Waals surface area contributed by atoms with Crippen LogP contribution < -0.4 is 0 Å². The van der Waals surface area contributed by atoms with Gasteiger partial charge >= 0.3 is 0 Å². The third kappa shape index (κ3) is 3.42. The normalized spacial score (nSPS) is 15.3. The molecule has 1 atom stereocenters. The van der Waals surface area contributed by atoms with Gasteiger partial charge in [0.05, 0.1) is 6.04 Å². The molecule has 0 aliphatic carbocycles. The molecule has 3 heterocycles. The van der Waals surface area contributed by atoms with Crippen molar-refractivity contribution in [2.24, 2.45) is 0 Å². The maximum Gasteiger partial charge on any atom is 0.273 e. The van der Waals surface area contributed by atoms with Crippen molar-refractivity contribution in [1.29, 1.82) is 0 Å². The van der Waals surface area contributed by atoms with Gasteiger partial charge in [0.1, 0.15) is 17.1 Å². The van der Waals surface area contributed by atoms with E-state index in [1.54, 1.807) is 35.5 Å². The lowest BCUT2D eigenvalue weighted by Crippen LogP contribution is -2.29. The number of nitrogens with one attached hydrogen (secondary N) is 1.